The second-order valence-electron chi connectivity index (χ2n) is 4.91. The van der Waals surface area contributed by atoms with Crippen molar-refractivity contribution in [3.63, 3.8) is 0 Å². The highest BCUT2D eigenvalue weighted by molar-refractivity contribution is 5.74. The molecule has 0 spiro atoms. The smallest absolute Gasteiger partial charge is 0.315 e. The van der Waals surface area contributed by atoms with Gasteiger partial charge >= 0.3 is 6.03 Å². The molecule has 1 aromatic carbocycles. The van der Waals surface area contributed by atoms with Crippen LogP contribution >= 0.6 is 0 Å². The highest BCUT2D eigenvalue weighted by atomic mass is 19.1. The number of hydrogen-bond donors (Lipinski definition) is 2. The van der Waals surface area contributed by atoms with E-state index in [4.69, 9.17) is 5.26 Å². The molecular weight excluding hydrogens is 285 g/mol. The minimum absolute atomic E-state index is 0.0188. The molecule has 6 nitrogen and oxygen atoms in total. The first kappa shape index (κ1) is 15.5. The Balaban J connectivity index is 1.84. The SMILES string of the molecule is CC(Cn1ccnc1)NC(=O)NCc1cc(C#N)ccc1F. The minimum Gasteiger partial charge on any atom is -0.335 e. The van der Waals surface area contributed by atoms with Crippen LogP contribution in [0.2, 0.25) is 0 Å². The number of benzene rings is 1. The molecule has 0 bridgehead atoms. The molecule has 114 valence electrons. The Labute approximate surface area is 127 Å². The fourth-order valence-corrected chi connectivity index (χ4v) is 1.99. The van der Waals surface area contributed by atoms with E-state index < -0.39 is 11.8 Å². The lowest BCUT2D eigenvalue weighted by molar-refractivity contribution is 0.236. The van der Waals surface area contributed by atoms with Crippen LogP contribution < -0.4 is 10.6 Å². The maximum Gasteiger partial charge on any atom is 0.315 e. The van der Waals surface area contributed by atoms with Crippen LogP contribution in [-0.4, -0.2) is 21.6 Å². The van der Waals surface area contributed by atoms with Crippen LogP contribution in [0, 0.1) is 17.1 Å². The summed E-state index contributed by atoms with van der Waals surface area (Å²) in [7, 11) is 0. The van der Waals surface area contributed by atoms with Crippen molar-refractivity contribution in [2.24, 2.45) is 0 Å². The van der Waals surface area contributed by atoms with Gasteiger partial charge < -0.3 is 15.2 Å². The average molecular weight is 301 g/mol. The molecule has 0 aliphatic rings. The van der Waals surface area contributed by atoms with Crippen molar-refractivity contribution < 1.29 is 9.18 Å². The Morgan fingerprint density at radius 2 is 2.36 bits per heavy atom. The Morgan fingerprint density at radius 3 is 3.05 bits per heavy atom. The fourth-order valence-electron chi connectivity index (χ4n) is 1.99. The van der Waals surface area contributed by atoms with E-state index in [-0.39, 0.29) is 18.2 Å². The van der Waals surface area contributed by atoms with Gasteiger partial charge in [0.05, 0.1) is 18.0 Å². The molecule has 22 heavy (non-hydrogen) atoms. The Bertz CT molecular complexity index is 678. The van der Waals surface area contributed by atoms with Crippen LogP contribution in [0.4, 0.5) is 9.18 Å². The van der Waals surface area contributed by atoms with Gasteiger partial charge in [0.2, 0.25) is 0 Å². The number of halogens is 1. The molecule has 1 unspecified atom stereocenters. The van der Waals surface area contributed by atoms with E-state index in [0.717, 1.165) is 0 Å². The predicted octanol–water partition coefficient (Wildman–Crippen LogP) is 1.78. The fraction of sp³-hybridized carbons (Fsp3) is 0.267. The number of urea groups is 1. The van der Waals surface area contributed by atoms with Gasteiger partial charge in [0, 0.05) is 37.1 Å². The van der Waals surface area contributed by atoms with Crippen molar-refractivity contribution in [2.45, 2.75) is 26.1 Å². The van der Waals surface area contributed by atoms with E-state index in [9.17, 15) is 9.18 Å². The highest BCUT2D eigenvalue weighted by Gasteiger charge is 2.09. The lowest BCUT2D eigenvalue weighted by Gasteiger charge is -2.15. The summed E-state index contributed by atoms with van der Waals surface area (Å²) in [5, 5.41) is 14.1. The molecular formula is C15H16FN5O. The molecule has 1 heterocycles. The standard InChI is InChI=1S/C15H16FN5O/c1-11(9-21-5-4-18-10-21)20-15(22)19-8-13-6-12(7-17)2-3-14(13)16/h2-6,10-11H,8-9H2,1H3,(H2,19,20,22). The van der Waals surface area contributed by atoms with Crippen LogP contribution in [0.25, 0.3) is 0 Å². The summed E-state index contributed by atoms with van der Waals surface area (Å²) in [6.07, 6.45) is 5.13. The summed E-state index contributed by atoms with van der Waals surface area (Å²) in [5.74, 6) is -0.453. The van der Waals surface area contributed by atoms with Gasteiger partial charge in [-0.1, -0.05) is 0 Å². The van der Waals surface area contributed by atoms with E-state index in [1.54, 1.807) is 18.7 Å². The lowest BCUT2D eigenvalue weighted by Crippen LogP contribution is -2.42. The number of nitriles is 1. The molecule has 7 heteroatoms. The van der Waals surface area contributed by atoms with Crippen molar-refractivity contribution >= 4 is 6.03 Å². The van der Waals surface area contributed by atoms with E-state index in [0.29, 0.717) is 12.1 Å². The average Bonchev–Trinajstić information content (AvgIpc) is 2.99. The number of carbonyl (C=O) groups is 1. The van der Waals surface area contributed by atoms with Gasteiger partial charge in [0.1, 0.15) is 5.82 Å². The summed E-state index contributed by atoms with van der Waals surface area (Å²) in [5.41, 5.74) is 0.628. The van der Waals surface area contributed by atoms with Crippen LogP contribution in [-0.2, 0) is 13.1 Å². The van der Waals surface area contributed by atoms with Crippen molar-refractivity contribution in [1.29, 1.82) is 5.26 Å². The second kappa shape index (κ2) is 7.22. The molecule has 2 aromatic rings. The lowest BCUT2D eigenvalue weighted by atomic mass is 10.1. The first-order valence-electron chi connectivity index (χ1n) is 6.77. The second-order valence-corrected chi connectivity index (χ2v) is 4.91. The molecule has 0 saturated heterocycles. The Hall–Kier alpha value is -2.88. The molecule has 2 rings (SSSR count). The first-order chi connectivity index (χ1) is 10.6. The summed E-state index contributed by atoms with van der Waals surface area (Å²) < 4.78 is 15.4. The number of hydrogen-bond acceptors (Lipinski definition) is 3. The normalized spacial score (nSPS) is 11.5. The maximum absolute atomic E-state index is 13.6. The van der Waals surface area contributed by atoms with E-state index in [2.05, 4.69) is 15.6 Å². The Morgan fingerprint density at radius 1 is 1.55 bits per heavy atom. The number of imidazole rings is 1. The molecule has 1 aromatic heterocycles. The molecule has 0 aliphatic carbocycles. The summed E-state index contributed by atoms with van der Waals surface area (Å²) in [4.78, 5) is 15.7. The molecule has 0 saturated carbocycles. The summed E-state index contributed by atoms with van der Waals surface area (Å²) >= 11 is 0. The van der Waals surface area contributed by atoms with Crippen molar-refractivity contribution in [3.05, 3.63) is 53.9 Å². The number of nitrogens with zero attached hydrogens (tertiary/aromatic N) is 3. The summed E-state index contributed by atoms with van der Waals surface area (Å²) in [6.45, 7) is 2.47. The number of carbonyl (C=O) groups excluding carboxylic acids is 1. The molecule has 1 atom stereocenters. The topological polar surface area (TPSA) is 82.7 Å². The molecule has 0 fully saturated rings. The van der Waals surface area contributed by atoms with Crippen LogP contribution in [0.5, 0.6) is 0 Å². The highest BCUT2D eigenvalue weighted by Crippen LogP contribution is 2.09. The molecule has 0 aliphatic heterocycles. The zero-order chi connectivity index (χ0) is 15.9. The van der Waals surface area contributed by atoms with Gasteiger partial charge in [0.25, 0.3) is 0 Å². The largest absolute Gasteiger partial charge is 0.335 e. The zero-order valence-corrected chi connectivity index (χ0v) is 12.1. The maximum atomic E-state index is 13.6. The molecule has 0 radical (unpaired) electrons. The number of rotatable bonds is 5. The van der Waals surface area contributed by atoms with Crippen molar-refractivity contribution in [1.82, 2.24) is 20.2 Å². The first-order valence-corrected chi connectivity index (χ1v) is 6.77. The monoisotopic (exact) mass is 301 g/mol. The van der Waals surface area contributed by atoms with Gasteiger partial charge in [-0.15, -0.1) is 0 Å². The van der Waals surface area contributed by atoms with E-state index >= 15 is 0 Å². The third kappa shape index (κ3) is 4.31. The van der Waals surface area contributed by atoms with Crippen LogP contribution in [0.1, 0.15) is 18.1 Å². The van der Waals surface area contributed by atoms with Crippen LogP contribution in [0.15, 0.2) is 36.9 Å². The van der Waals surface area contributed by atoms with Crippen molar-refractivity contribution in [2.75, 3.05) is 0 Å². The predicted molar refractivity (Wildman–Crippen MR) is 78.2 cm³/mol. The van der Waals surface area contributed by atoms with E-state index in [1.165, 1.54) is 18.2 Å². The van der Waals surface area contributed by atoms with Crippen molar-refractivity contribution in [3.8, 4) is 6.07 Å². The minimum atomic E-state index is -0.453. The number of nitrogens with one attached hydrogen (secondary N) is 2. The quantitative estimate of drug-likeness (QED) is 0.883. The molecule has 2 N–H and O–H groups in total. The number of amides is 2. The van der Waals surface area contributed by atoms with Gasteiger partial charge in [-0.3, -0.25) is 0 Å². The zero-order valence-electron chi connectivity index (χ0n) is 12.1. The third-order valence-electron chi connectivity index (χ3n) is 3.04. The van der Waals surface area contributed by atoms with Gasteiger partial charge in [-0.25, -0.2) is 14.2 Å². The molecule has 2 amide bonds. The third-order valence-corrected chi connectivity index (χ3v) is 3.04. The summed E-state index contributed by atoms with van der Waals surface area (Å²) in [6, 6.07) is 5.47. The van der Waals surface area contributed by atoms with Gasteiger partial charge in [-0.2, -0.15) is 5.26 Å². The Kier molecular flexibility index (Phi) is 5.09. The van der Waals surface area contributed by atoms with Crippen LogP contribution in [0.3, 0.4) is 0 Å². The van der Waals surface area contributed by atoms with Gasteiger partial charge in [-0.05, 0) is 25.1 Å². The van der Waals surface area contributed by atoms with E-state index in [1.807, 2.05) is 17.6 Å². The van der Waals surface area contributed by atoms with Gasteiger partial charge in [0.15, 0.2) is 0 Å². The number of aromatic nitrogens is 2.